The summed E-state index contributed by atoms with van der Waals surface area (Å²) in [5.41, 5.74) is 2.93. The van der Waals surface area contributed by atoms with Crippen LogP contribution in [-0.2, 0) is 0 Å². The number of benzene rings is 2. The summed E-state index contributed by atoms with van der Waals surface area (Å²) in [4.78, 5) is 14.5. The van der Waals surface area contributed by atoms with Gasteiger partial charge in [-0.3, -0.25) is 4.79 Å². The molecule has 0 radical (unpaired) electrons. The molecule has 3 rings (SSSR count). The second-order valence-electron chi connectivity index (χ2n) is 5.39. The van der Waals surface area contributed by atoms with E-state index >= 15 is 0 Å². The molecular formula is C18H17N3O. The van der Waals surface area contributed by atoms with Gasteiger partial charge in [-0.1, -0.05) is 6.07 Å². The highest BCUT2D eigenvalue weighted by Crippen LogP contribution is 2.22. The third-order valence-electron chi connectivity index (χ3n) is 3.85. The Kier molecular flexibility index (Phi) is 4.06. The summed E-state index contributed by atoms with van der Waals surface area (Å²) in [5, 5.41) is 11.7. The number of carbonyl (C=O) groups is 1. The third-order valence-corrected chi connectivity index (χ3v) is 3.85. The number of carbonyl (C=O) groups excluding carboxylic acids is 1. The smallest absolute Gasteiger partial charge is 0.255 e. The van der Waals surface area contributed by atoms with E-state index in [-0.39, 0.29) is 5.91 Å². The largest absolute Gasteiger partial charge is 0.372 e. The molecule has 4 heteroatoms. The summed E-state index contributed by atoms with van der Waals surface area (Å²) in [6.07, 6.45) is 2.49. The van der Waals surface area contributed by atoms with Gasteiger partial charge in [-0.25, -0.2) is 0 Å². The fourth-order valence-electron chi connectivity index (χ4n) is 2.66. The molecular weight excluding hydrogens is 274 g/mol. The van der Waals surface area contributed by atoms with Crippen molar-refractivity contribution in [1.82, 2.24) is 0 Å². The number of hydrogen-bond acceptors (Lipinski definition) is 3. The summed E-state index contributed by atoms with van der Waals surface area (Å²) >= 11 is 0. The third kappa shape index (κ3) is 3.09. The maximum atomic E-state index is 12.2. The number of nitrogens with one attached hydrogen (secondary N) is 1. The molecule has 1 heterocycles. The lowest BCUT2D eigenvalue weighted by Gasteiger charge is -2.17. The molecule has 1 amide bonds. The number of amides is 1. The van der Waals surface area contributed by atoms with E-state index in [1.165, 1.54) is 18.5 Å². The van der Waals surface area contributed by atoms with Crippen LogP contribution in [0.3, 0.4) is 0 Å². The Hall–Kier alpha value is -2.80. The van der Waals surface area contributed by atoms with Crippen molar-refractivity contribution in [3.63, 3.8) is 0 Å². The molecule has 2 aromatic rings. The summed E-state index contributed by atoms with van der Waals surface area (Å²) in [6.45, 7) is 2.21. The van der Waals surface area contributed by atoms with E-state index in [1.54, 1.807) is 24.3 Å². The Balaban J connectivity index is 1.69. The van der Waals surface area contributed by atoms with Crippen LogP contribution < -0.4 is 10.2 Å². The standard InChI is InChI=1S/C18H17N3O/c19-13-14-4-3-5-15(12-14)18(22)20-16-6-8-17(9-7-16)21-10-1-2-11-21/h3-9,12H,1-2,10-11H2,(H,20,22). The Bertz CT molecular complexity index is 710. The zero-order valence-electron chi connectivity index (χ0n) is 12.2. The van der Waals surface area contributed by atoms with Crippen molar-refractivity contribution < 1.29 is 4.79 Å². The van der Waals surface area contributed by atoms with Gasteiger partial charge in [0.1, 0.15) is 0 Å². The molecule has 0 aromatic heterocycles. The quantitative estimate of drug-likeness (QED) is 0.942. The molecule has 0 aliphatic carbocycles. The predicted molar refractivity (Wildman–Crippen MR) is 87.0 cm³/mol. The van der Waals surface area contributed by atoms with E-state index in [0.717, 1.165) is 18.8 Å². The van der Waals surface area contributed by atoms with Gasteiger partial charge in [0.25, 0.3) is 5.91 Å². The number of anilines is 2. The Morgan fingerprint density at radius 2 is 1.82 bits per heavy atom. The molecule has 1 aliphatic rings. The second kappa shape index (κ2) is 6.31. The molecule has 1 saturated heterocycles. The minimum absolute atomic E-state index is 0.203. The topological polar surface area (TPSA) is 56.1 Å². The van der Waals surface area contributed by atoms with Gasteiger partial charge in [0.2, 0.25) is 0 Å². The van der Waals surface area contributed by atoms with Crippen LogP contribution >= 0.6 is 0 Å². The van der Waals surface area contributed by atoms with Crippen molar-refractivity contribution >= 4 is 17.3 Å². The minimum atomic E-state index is -0.203. The molecule has 0 atom stereocenters. The lowest BCUT2D eigenvalue weighted by molar-refractivity contribution is 0.102. The Morgan fingerprint density at radius 3 is 2.50 bits per heavy atom. The van der Waals surface area contributed by atoms with Crippen LogP contribution in [0.15, 0.2) is 48.5 Å². The summed E-state index contributed by atoms with van der Waals surface area (Å²) in [5.74, 6) is -0.203. The normalized spacial score (nSPS) is 13.7. The molecule has 1 N–H and O–H groups in total. The summed E-state index contributed by atoms with van der Waals surface area (Å²) in [6, 6.07) is 16.6. The Labute approximate surface area is 130 Å². The Morgan fingerprint density at radius 1 is 1.09 bits per heavy atom. The zero-order chi connectivity index (χ0) is 15.4. The van der Waals surface area contributed by atoms with Crippen molar-refractivity contribution in [2.45, 2.75) is 12.8 Å². The van der Waals surface area contributed by atoms with Gasteiger partial charge in [0, 0.05) is 30.0 Å². The van der Waals surface area contributed by atoms with E-state index < -0.39 is 0 Å². The molecule has 110 valence electrons. The summed E-state index contributed by atoms with van der Waals surface area (Å²) in [7, 11) is 0. The average molecular weight is 291 g/mol. The lowest BCUT2D eigenvalue weighted by atomic mass is 10.1. The van der Waals surface area contributed by atoms with Gasteiger partial charge in [-0.15, -0.1) is 0 Å². The highest BCUT2D eigenvalue weighted by atomic mass is 16.1. The van der Waals surface area contributed by atoms with Crippen LogP contribution in [0.2, 0.25) is 0 Å². The lowest BCUT2D eigenvalue weighted by Crippen LogP contribution is -2.17. The monoisotopic (exact) mass is 291 g/mol. The first-order chi connectivity index (χ1) is 10.8. The molecule has 22 heavy (non-hydrogen) atoms. The number of nitriles is 1. The number of rotatable bonds is 3. The SMILES string of the molecule is N#Cc1cccc(C(=O)Nc2ccc(N3CCCC3)cc2)c1. The van der Waals surface area contributed by atoms with Crippen LogP contribution in [0.4, 0.5) is 11.4 Å². The van der Waals surface area contributed by atoms with Gasteiger partial charge in [-0.2, -0.15) is 5.26 Å². The maximum absolute atomic E-state index is 12.2. The molecule has 0 saturated carbocycles. The summed E-state index contributed by atoms with van der Waals surface area (Å²) < 4.78 is 0. The van der Waals surface area contributed by atoms with Gasteiger partial charge in [0.15, 0.2) is 0 Å². The first-order valence-electron chi connectivity index (χ1n) is 7.43. The van der Waals surface area contributed by atoms with Crippen LogP contribution in [-0.4, -0.2) is 19.0 Å². The number of nitrogens with zero attached hydrogens (tertiary/aromatic N) is 2. The molecule has 0 unspecified atom stereocenters. The van der Waals surface area contributed by atoms with E-state index in [0.29, 0.717) is 11.1 Å². The molecule has 1 fully saturated rings. The first-order valence-corrected chi connectivity index (χ1v) is 7.43. The van der Waals surface area contributed by atoms with E-state index in [1.807, 2.05) is 30.3 Å². The van der Waals surface area contributed by atoms with Crippen LogP contribution in [0.1, 0.15) is 28.8 Å². The van der Waals surface area contributed by atoms with Gasteiger partial charge in [-0.05, 0) is 55.3 Å². The van der Waals surface area contributed by atoms with Crippen LogP contribution in [0.25, 0.3) is 0 Å². The minimum Gasteiger partial charge on any atom is -0.372 e. The van der Waals surface area contributed by atoms with E-state index in [9.17, 15) is 4.79 Å². The van der Waals surface area contributed by atoms with E-state index in [4.69, 9.17) is 5.26 Å². The van der Waals surface area contributed by atoms with Gasteiger partial charge >= 0.3 is 0 Å². The fraction of sp³-hybridized carbons (Fsp3) is 0.222. The molecule has 1 aliphatic heterocycles. The van der Waals surface area contributed by atoms with Gasteiger partial charge in [0.05, 0.1) is 11.6 Å². The predicted octanol–water partition coefficient (Wildman–Crippen LogP) is 3.41. The van der Waals surface area contributed by atoms with Crippen molar-refractivity contribution in [3.8, 4) is 6.07 Å². The van der Waals surface area contributed by atoms with Gasteiger partial charge < -0.3 is 10.2 Å². The maximum Gasteiger partial charge on any atom is 0.255 e. The molecule has 0 spiro atoms. The van der Waals surface area contributed by atoms with Crippen LogP contribution in [0.5, 0.6) is 0 Å². The molecule has 2 aromatic carbocycles. The van der Waals surface area contributed by atoms with E-state index in [2.05, 4.69) is 10.2 Å². The van der Waals surface area contributed by atoms with Crippen molar-refractivity contribution in [3.05, 3.63) is 59.7 Å². The molecule has 4 nitrogen and oxygen atoms in total. The van der Waals surface area contributed by atoms with Crippen molar-refractivity contribution in [1.29, 1.82) is 5.26 Å². The van der Waals surface area contributed by atoms with Crippen molar-refractivity contribution in [2.75, 3.05) is 23.3 Å². The average Bonchev–Trinajstić information content (AvgIpc) is 3.10. The number of hydrogen-bond donors (Lipinski definition) is 1. The van der Waals surface area contributed by atoms with Crippen molar-refractivity contribution in [2.24, 2.45) is 0 Å². The highest BCUT2D eigenvalue weighted by molar-refractivity contribution is 6.04. The zero-order valence-corrected chi connectivity index (χ0v) is 12.2. The second-order valence-corrected chi connectivity index (χ2v) is 5.39. The first kappa shape index (κ1) is 14.2. The van der Waals surface area contributed by atoms with Crippen LogP contribution in [0, 0.1) is 11.3 Å². The highest BCUT2D eigenvalue weighted by Gasteiger charge is 2.12. The molecule has 0 bridgehead atoms. The fourth-order valence-corrected chi connectivity index (χ4v) is 2.66.